The number of rotatable bonds is 6. The van der Waals surface area contributed by atoms with Gasteiger partial charge in [0, 0.05) is 24.8 Å². The van der Waals surface area contributed by atoms with Crippen molar-refractivity contribution in [2.45, 2.75) is 52.3 Å². The average molecular weight is 250 g/mol. The van der Waals surface area contributed by atoms with Crippen LogP contribution >= 0.6 is 0 Å². The monoisotopic (exact) mass is 250 g/mol. The van der Waals surface area contributed by atoms with E-state index in [9.17, 15) is 5.11 Å². The minimum atomic E-state index is -0.603. The fourth-order valence-electron chi connectivity index (χ4n) is 1.79. The van der Waals surface area contributed by atoms with E-state index in [1.54, 1.807) is 0 Å². The second-order valence-electron chi connectivity index (χ2n) is 5.87. The number of nitrogen functional groups attached to an aromatic ring is 1. The topological polar surface area (TPSA) is 49.5 Å². The Balaban J connectivity index is 2.60. The van der Waals surface area contributed by atoms with Gasteiger partial charge in [0.1, 0.15) is 0 Å². The summed E-state index contributed by atoms with van der Waals surface area (Å²) < 4.78 is 0. The van der Waals surface area contributed by atoms with Crippen molar-refractivity contribution < 1.29 is 5.11 Å². The molecule has 1 aromatic carbocycles. The summed E-state index contributed by atoms with van der Waals surface area (Å²) in [7, 11) is 0. The second kappa shape index (κ2) is 6.21. The molecule has 3 heteroatoms. The summed E-state index contributed by atoms with van der Waals surface area (Å²) in [5.74, 6) is 0. The first-order valence-electron chi connectivity index (χ1n) is 6.59. The molecule has 0 bridgehead atoms. The van der Waals surface area contributed by atoms with Gasteiger partial charge < -0.3 is 10.8 Å². The summed E-state index contributed by atoms with van der Waals surface area (Å²) in [5.41, 5.74) is 7.14. The first kappa shape index (κ1) is 15.0. The van der Waals surface area contributed by atoms with Gasteiger partial charge >= 0.3 is 0 Å². The van der Waals surface area contributed by atoms with Crippen LogP contribution in [0, 0.1) is 0 Å². The molecule has 0 radical (unpaired) electrons. The number of aliphatic hydroxyl groups is 1. The van der Waals surface area contributed by atoms with Crippen LogP contribution < -0.4 is 5.73 Å². The van der Waals surface area contributed by atoms with Crippen molar-refractivity contribution in [1.82, 2.24) is 4.90 Å². The maximum atomic E-state index is 9.81. The molecular weight excluding hydrogens is 224 g/mol. The van der Waals surface area contributed by atoms with Gasteiger partial charge in [0.05, 0.1) is 5.60 Å². The lowest BCUT2D eigenvalue weighted by Gasteiger charge is -2.29. The number of nitrogens with zero attached hydrogens (tertiary/aromatic N) is 1. The number of hydrogen-bond donors (Lipinski definition) is 2. The summed E-state index contributed by atoms with van der Waals surface area (Å²) in [5, 5.41) is 9.81. The lowest BCUT2D eigenvalue weighted by atomic mass is 10.0. The normalized spacial score (nSPS) is 12.4. The van der Waals surface area contributed by atoms with E-state index in [1.165, 1.54) is 5.56 Å². The van der Waals surface area contributed by atoms with Crippen LogP contribution in [0.5, 0.6) is 0 Å². The number of hydrogen-bond acceptors (Lipinski definition) is 3. The van der Waals surface area contributed by atoms with Crippen molar-refractivity contribution >= 4 is 5.69 Å². The Morgan fingerprint density at radius 2 is 1.78 bits per heavy atom. The van der Waals surface area contributed by atoms with Crippen LogP contribution in [0.25, 0.3) is 0 Å². The van der Waals surface area contributed by atoms with Crippen LogP contribution in [0.2, 0.25) is 0 Å². The molecule has 0 heterocycles. The molecule has 18 heavy (non-hydrogen) atoms. The van der Waals surface area contributed by atoms with Crippen LogP contribution in [0.4, 0.5) is 5.69 Å². The highest BCUT2D eigenvalue weighted by Gasteiger charge is 2.17. The largest absolute Gasteiger partial charge is 0.399 e. The number of benzene rings is 1. The van der Waals surface area contributed by atoms with E-state index in [2.05, 4.69) is 30.9 Å². The lowest BCUT2D eigenvalue weighted by Crippen LogP contribution is -2.35. The molecule has 0 aliphatic carbocycles. The van der Waals surface area contributed by atoms with Crippen molar-refractivity contribution in [3.8, 4) is 0 Å². The molecule has 0 saturated heterocycles. The number of nitrogens with two attached hydrogens (primary N) is 1. The van der Waals surface area contributed by atoms with E-state index in [1.807, 2.05) is 26.0 Å². The average Bonchev–Trinajstić information content (AvgIpc) is 2.25. The van der Waals surface area contributed by atoms with E-state index in [4.69, 9.17) is 5.73 Å². The Morgan fingerprint density at radius 1 is 1.22 bits per heavy atom. The fraction of sp³-hybridized carbons (Fsp3) is 0.600. The molecule has 0 aromatic heterocycles. The summed E-state index contributed by atoms with van der Waals surface area (Å²) >= 11 is 0. The highest BCUT2D eigenvalue weighted by Crippen LogP contribution is 2.14. The molecular formula is C15H26N2O. The predicted octanol–water partition coefficient (Wildman–Crippen LogP) is 2.64. The molecule has 102 valence electrons. The van der Waals surface area contributed by atoms with Gasteiger partial charge in [-0.2, -0.15) is 0 Å². The highest BCUT2D eigenvalue weighted by atomic mass is 16.3. The van der Waals surface area contributed by atoms with Crippen molar-refractivity contribution in [2.75, 3.05) is 12.3 Å². The molecule has 1 aromatic rings. The van der Waals surface area contributed by atoms with Crippen LogP contribution in [-0.2, 0) is 6.54 Å². The standard InChI is InChI=1S/C15H26N2O/c1-12(2)17(10-9-15(3,4)18)11-13-5-7-14(16)8-6-13/h5-8,12,18H,9-11,16H2,1-4H3. The molecule has 0 atom stereocenters. The van der Waals surface area contributed by atoms with Crippen molar-refractivity contribution in [3.05, 3.63) is 29.8 Å². The maximum Gasteiger partial charge on any atom is 0.0603 e. The van der Waals surface area contributed by atoms with Crippen molar-refractivity contribution in [2.24, 2.45) is 0 Å². The fourth-order valence-corrected chi connectivity index (χ4v) is 1.79. The van der Waals surface area contributed by atoms with Gasteiger partial charge in [-0.1, -0.05) is 12.1 Å². The smallest absolute Gasteiger partial charge is 0.0603 e. The molecule has 0 amide bonds. The van der Waals surface area contributed by atoms with E-state index in [-0.39, 0.29) is 0 Å². The van der Waals surface area contributed by atoms with Gasteiger partial charge in [-0.05, 0) is 51.8 Å². The Bertz CT molecular complexity index is 352. The third-order valence-electron chi connectivity index (χ3n) is 3.11. The molecule has 3 N–H and O–H groups in total. The summed E-state index contributed by atoms with van der Waals surface area (Å²) in [6.07, 6.45) is 0.778. The first-order valence-corrected chi connectivity index (χ1v) is 6.59. The van der Waals surface area contributed by atoms with E-state index >= 15 is 0 Å². The predicted molar refractivity (Wildman–Crippen MR) is 77.3 cm³/mol. The number of anilines is 1. The minimum absolute atomic E-state index is 0.463. The summed E-state index contributed by atoms with van der Waals surface area (Å²) in [6, 6.07) is 8.46. The van der Waals surface area contributed by atoms with Gasteiger partial charge in [0.15, 0.2) is 0 Å². The quantitative estimate of drug-likeness (QED) is 0.763. The molecule has 3 nitrogen and oxygen atoms in total. The molecule has 0 spiro atoms. The zero-order valence-electron chi connectivity index (χ0n) is 12.0. The van der Waals surface area contributed by atoms with Crippen LogP contribution in [0.3, 0.4) is 0 Å². The van der Waals surface area contributed by atoms with Crippen molar-refractivity contribution in [3.63, 3.8) is 0 Å². The molecule has 0 unspecified atom stereocenters. The van der Waals surface area contributed by atoms with E-state index < -0.39 is 5.60 Å². The molecule has 0 aliphatic rings. The summed E-state index contributed by atoms with van der Waals surface area (Å²) in [6.45, 7) is 9.87. The second-order valence-corrected chi connectivity index (χ2v) is 5.87. The highest BCUT2D eigenvalue weighted by molar-refractivity contribution is 5.39. The lowest BCUT2D eigenvalue weighted by molar-refractivity contribution is 0.0517. The van der Waals surface area contributed by atoms with E-state index in [0.29, 0.717) is 6.04 Å². The Morgan fingerprint density at radius 3 is 2.22 bits per heavy atom. The Kier molecular flexibility index (Phi) is 5.17. The third kappa shape index (κ3) is 5.52. The summed E-state index contributed by atoms with van der Waals surface area (Å²) in [4.78, 5) is 2.36. The minimum Gasteiger partial charge on any atom is -0.399 e. The SMILES string of the molecule is CC(C)N(CCC(C)(C)O)Cc1ccc(N)cc1. The van der Waals surface area contributed by atoms with Gasteiger partial charge in [-0.3, -0.25) is 4.90 Å². The van der Waals surface area contributed by atoms with Gasteiger partial charge in [0.25, 0.3) is 0 Å². The van der Waals surface area contributed by atoms with Gasteiger partial charge in [-0.25, -0.2) is 0 Å². The molecule has 0 aliphatic heterocycles. The third-order valence-corrected chi connectivity index (χ3v) is 3.11. The van der Waals surface area contributed by atoms with Crippen LogP contribution in [0.15, 0.2) is 24.3 Å². The zero-order chi connectivity index (χ0) is 13.8. The van der Waals surface area contributed by atoms with Gasteiger partial charge in [-0.15, -0.1) is 0 Å². The first-order chi connectivity index (χ1) is 8.28. The van der Waals surface area contributed by atoms with Crippen molar-refractivity contribution in [1.29, 1.82) is 0 Å². The van der Waals surface area contributed by atoms with Gasteiger partial charge in [0.2, 0.25) is 0 Å². The Labute approximate surface area is 111 Å². The van der Waals surface area contributed by atoms with Crippen LogP contribution in [-0.4, -0.2) is 28.2 Å². The zero-order valence-corrected chi connectivity index (χ0v) is 12.0. The van der Waals surface area contributed by atoms with Crippen LogP contribution in [0.1, 0.15) is 39.7 Å². The Hall–Kier alpha value is -1.06. The van der Waals surface area contributed by atoms with E-state index in [0.717, 1.165) is 25.2 Å². The molecule has 0 saturated carbocycles. The maximum absolute atomic E-state index is 9.81. The molecule has 0 fully saturated rings. The molecule has 1 rings (SSSR count).